The van der Waals surface area contributed by atoms with Gasteiger partial charge in [0.05, 0.1) is 23.7 Å². The first-order valence-electron chi connectivity index (χ1n) is 24.3. The average Bonchev–Trinajstić information content (AvgIpc) is 4.31. The fourth-order valence-corrected chi connectivity index (χ4v) is 11.0. The molecule has 12 heteroatoms. The summed E-state index contributed by atoms with van der Waals surface area (Å²) in [5.41, 5.74) is 5.30. The number of benzene rings is 5. The smallest absolute Gasteiger partial charge is 0.253 e. The number of hydrogen-bond acceptors (Lipinski definition) is 6. The second-order valence-electron chi connectivity index (χ2n) is 19.9. The summed E-state index contributed by atoms with van der Waals surface area (Å²) in [5, 5.41) is 12.8. The highest BCUT2D eigenvalue weighted by molar-refractivity contribution is 6.00. The Morgan fingerprint density at radius 1 is 0.324 bits per heavy atom. The number of rotatable bonds is 14. The molecule has 6 fully saturated rings. The molecule has 0 bridgehead atoms. The van der Waals surface area contributed by atoms with Gasteiger partial charge >= 0.3 is 0 Å². The van der Waals surface area contributed by atoms with Crippen LogP contribution < -0.4 is 21.3 Å². The van der Waals surface area contributed by atoms with Gasteiger partial charge in [-0.25, -0.2) is 0 Å². The fraction of sp³-hybridized carbons (Fsp3) is 0.357. The van der Waals surface area contributed by atoms with Gasteiger partial charge in [0.1, 0.15) is 0 Å². The van der Waals surface area contributed by atoms with Gasteiger partial charge in [-0.1, -0.05) is 121 Å². The lowest BCUT2D eigenvalue weighted by Crippen LogP contribution is -2.43. The maximum Gasteiger partial charge on any atom is 0.253 e. The second kappa shape index (κ2) is 18.2. The minimum atomic E-state index is -0.732. The summed E-state index contributed by atoms with van der Waals surface area (Å²) < 4.78 is 0. The maximum atomic E-state index is 14.2. The molecule has 5 aromatic carbocycles. The van der Waals surface area contributed by atoms with Crippen LogP contribution in [0.5, 0.6) is 0 Å². The Morgan fingerprint density at radius 2 is 0.544 bits per heavy atom. The maximum absolute atomic E-state index is 14.2. The van der Waals surface area contributed by atoms with Crippen LogP contribution in [0.15, 0.2) is 146 Å². The molecule has 12 atom stereocenters. The normalized spacial score (nSPS) is 29.6. The van der Waals surface area contributed by atoms with Crippen LogP contribution in [0, 0.1) is 23.7 Å². The van der Waals surface area contributed by atoms with Crippen molar-refractivity contribution < 1.29 is 28.8 Å². The Hall–Kier alpha value is -7.08. The molecule has 11 rings (SSSR count). The highest BCUT2D eigenvalue weighted by atomic mass is 16.2. The molecule has 2 aliphatic heterocycles. The predicted octanol–water partition coefficient (Wildman–Crippen LogP) is 5.75. The van der Waals surface area contributed by atoms with Crippen LogP contribution in [0.1, 0.15) is 92.3 Å². The van der Waals surface area contributed by atoms with Crippen LogP contribution in [0.25, 0.3) is 0 Å². The monoisotopic (exact) mass is 908 g/mol. The van der Waals surface area contributed by atoms with Gasteiger partial charge in [-0.3, -0.25) is 28.8 Å². The first-order valence-corrected chi connectivity index (χ1v) is 24.3. The molecule has 346 valence electrons. The van der Waals surface area contributed by atoms with Gasteiger partial charge in [0.15, 0.2) is 0 Å². The minimum Gasteiger partial charge on any atom is -0.352 e. The van der Waals surface area contributed by atoms with Crippen LogP contribution >= 0.6 is 0 Å². The molecule has 6 aliphatic rings. The van der Waals surface area contributed by atoms with Crippen LogP contribution in [-0.4, -0.2) is 95.6 Å². The lowest BCUT2D eigenvalue weighted by molar-refractivity contribution is -0.133. The topological polar surface area (TPSA) is 157 Å². The van der Waals surface area contributed by atoms with E-state index in [0.717, 1.165) is 47.9 Å². The summed E-state index contributed by atoms with van der Waals surface area (Å²) in [4.78, 5) is 87.5. The molecule has 4 aliphatic carbocycles. The number of carbonyl (C=O) groups excluding carboxylic acids is 6. The number of hydrogen-bond donors (Lipinski definition) is 4. The van der Waals surface area contributed by atoms with E-state index in [1.54, 1.807) is 34.1 Å². The van der Waals surface area contributed by atoms with Crippen LogP contribution in [0.4, 0.5) is 0 Å². The van der Waals surface area contributed by atoms with Crippen molar-refractivity contribution in [2.75, 3.05) is 26.2 Å². The molecule has 2 saturated heterocycles. The number of nitrogens with zero attached hydrogens (tertiary/aromatic N) is 2. The number of nitrogens with one attached hydrogen (secondary N) is 4. The zero-order valence-electron chi connectivity index (χ0n) is 37.8. The Balaban J connectivity index is 0.756. The average molecular weight is 909 g/mol. The Bertz CT molecular complexity index is 2370. The molecule has 12 nitrogen and oxygen atoms in total. The van der Waals surface area contributed by atoms with Gasteiger partial charge in [0.2, 0.25) is 23.6 Å². The largest absolute Gasteiger partial charge is 0.352 e. The SMILES string of the molecule is O=C(N[C@H]1C[C@@H]1c1ccccc1)[C@H]1CN(C(=O)c2ccc(C(=O)N3C[C@H](C(=O)N[C@@H]4C[C@H]4c4ccccc4)[C@@H](C(=O)N[C@@H]4C[C@H]4c4ccccc4)C3)cc2)C[C@@H]1C(=O)N[C@H]1C[C@@H]1c1ccccc1. The Labute approximate surface area is 396 Å². The van der Waals surface area contributed by atoms with Crippen molar-refractivity contribution in [2.24, 2.45) is 23.7 Å². The molecule has 0 aromatic heterocycles. The van der Waals surface area contributed by atoms with Crippen molar-refractivity contribution in [2.45, 2.75) is 73.5 Å². The van der Waals surface area contributed by atoms with E-state index >= 15 is 0 Å². The van der Waals surface area contributed by atoms with Crippen molar-refractivity contribution in [3.8, 4) is 0 Å². The molecule has 68 heavy (non-hydrogen) atoms. The second-order valence-corrected chi connectivity index (χ2v) is 19.9. The zero-order valence-corrected chi connectivity index (χ0v) is 37.8. The minimum absolute atomic E-state index is 0.0327. The molecule has 6 amide bonds. The summed E-state index contributed by atoms with van der Waals surface area (Å²) in [6.45, 7) is 0.331. The summed E-state index contributed by atoms with van der Waals surface area (Å²) in [6.07, 6.45) is 3.27. The molecule has 0 radical (unpaired) electrons. The molecule has 2 heterocycles. The van der Waals surface area contributed by atoms with E-state index in [1.807, 2.05) is 72.8 Å². The Morgan fingerprint density at radius 3 is 0.765 bits per heavy atom. The van der Waals surface area contributed by atoms with Gasteiger partial charge in [-0.2, -0.15) is 0 Å². The van der Waals surface area contributed by atoms with Crippen LogP contribution in [0.3, 0.4) is 0 Å². The standard InChI is InChI=1S/C56H56N6O6/c63-51(57-47-25-39(47)33-13-5-1-6-14-33)43-29-61(30-44(43)52(64)58-48-26-40(48)34-15-7-2-8-16-34)55(67)37-21-23-38(24-22-37)56(68)62-31-45(53(65)59-49-27-41(49)35-17-9-3-10-18-35)46(32-62)54(66)60-50-28-42(50)36-19-11-4-12-20-36/h1-24,39-50H,25-32H2,(H,57,63)(H,58,64)(H,59,65)(H,60,66)/t39-,40-,41+,42+,43-,44-,45-,46-,47+,48+,49-,50-/m0/s1. The van der Waals surface area contributed by atoms with E-state index < -0.39 is 23.7 Å². The summed E-state index contributed by atoms with van der Waals surface area (Å²) in [5.74, 6) is -3.68. The third kappa shape index (κ3) is 9.16. The third-order valence-electron chi connectivity index (χ3n) is 15.3. The lowest BCUT2D eigenvalue weighted by atomic mass is 9.94. The number of likely N-dealkylation sites (tertiary alicyclic amines) is 2. The van der Waals surface area contributed by atoms with Crippen molar-refractivity contribution >= 4 is 35.4 Å². The van der Waals surface area contributed by atoms with E-state index in [1.165, 1.54) is 0 Å². The van der Waals surface area contributed by atoms with E-state index in [4.69, 9.17) is 0 Å². The third-order valence-corrected chi connectivity index (χ3v) is 15.3. The van der Waals surface area contributed by atoms with Crippen molar-refractivity contribution in [3.05, 3.63) is 179 Å². The number of carbonyl (C=O) groups is 6. The molecule has 5 aromatic rings. The molecule has 4 saturated carbocycles. The molecule has 4 N–H and O–H groups in total. The molecule has 0 unspecified atom stereocenters. The van der Waals surface area contributed by atoms with E-state index in [9.17, 15) is 28.8 Å². The summed E-state index contributed by atoms with van der Waals surface area (Å²) in [7, 11) is 0. The van der Waals surface area contributed by atoms with Crippen LogP contribution in [-0.2, 0) is 19.2 Å². The first kappa shape index (κ1) is 43.5. The summed E-state index contributed by atoms with van der Waals surface area (Å²) in [6, 6.07) is 46.5. The zero-order chi connectivity index (χ0) is 46.5. The van der Waals surface area contributed by atoms with Crippen LogP contribution in [0.2, 0.25) is 0 Å². The van der Waals surface area contributed by atoms with Gasteiger partial charge in [0.25, 0.3) is 11.8 Å². The van der Waals surface area contributed by atoms with Gasteiger partial charge < -0.3 is 31.1 Å². The van der Waals surface area contributed by atoms with Gasteiger partial charge in [0, 0.05) is 85.1 Å². The van der Waals surface area contributed by atoms with E-state index in [0.29, 0.717) is 11.1 Å². The van der Waals surface area contributed by atoms with E-state index in [-0.39, 0.29) is 109 Å². The number of amides is 6. The highest BCUT2D eigenvalue weighted by Crippen LogP contribution is 2.44. The predicted molar refractivity (Wildman–Crippen MR) is 255 cm³/mol. The highest BCUT2D eigenvalue weighted by Gasteiger charge is 2.51. The molecular formula is C56H56N6O6. The summed E-state index contributed by atoms with van der Waals surface area (Å²) >= 11 is 0. The van der Waals surface area contributed by atoms with Crippen molar-refractivity contribution in [1.82, 2.24) is 31.1 Å². The van der Waals surface area contributed by atoms with Crippen molar-refractivity contribution in [3.63, 3.8) is 0 Å². The Kier molecular flexibility index (Phi) is 11.6. The fourth-order valence-electron chi connectivity index (χ4n) is 11.0. The van der Waals surface area contributed by atoms with Crippen molar-refractivity contribution in [1.29, 1.82) is 0 Å². The molecule has 0 spiro atoms. The first-order chi connectivity index (χ1) is 33.2. The lowest BCUT2D eigenvalue weighted by Gasteiger charge is -2.18. The molecular weight excluding hydrogens is 853 g/mol. The van der Waals surface area contributed by atoms with Gasteiger partial charge in [-0.15, -0.1) is 0 Å². The van der Waals surface area contributed by atoms with E-state index in [2.05, 4.69) is 69.8 Å². The quantitative estimate of drug-likeness (QED) is 0.111. The van der Waals surface area contributed by atoms with Gasteiger partial charge in [-0.05, 0) is 72.2 Å².